The average molecular weight is 598 g/mol. The summed E-state index contributed by atoms with van der Waals surface area (Å²) in [5.41, 5.74) is 2.86. The van der Waals surface area contributed by atoms with E-state index in [0.29, 0.717) is 17.2 Å². The van der Waals surface area contributed by atoms with Crippen LogP contribution in [0, 0.1) is 11.8 Å². The van der Waals surface area contributed by atoms with Crippen molar-refractivity contribution in [2.24, 2.45) is 0 Å². The molecule has 0 aliphatic carbocycles. The van der Waals surface area contributed by atoms with E-state index in [4.69, 9.17) is 4.74 Å². The van der Waals surface area contributed by atoms with E-state index in [1.165, 1.54) is 10.5 Å². The molecule has 1 heterocycles. The second kappa shape index (κ2) is 15.3. The van der Waals surface area contributed by atoms with Crippen molar-refractivity contribution in [1.82, 2.24) is 9.80 Å². The number of hydrogen-bond donors (Lipinski definition) is 2. The predicted octanol–water partition coefficient (Wildman–Crippen LogP) is 5.85. The largest absolute Gasteiger partial charge is 0.465 e. The molecule has 4 rings (SSSR count). The molecule has 218 valence electrons. The van der Waals surface area contributed by atoms with E-state index in [9.17, 15) is 18.3 Å². The Balaban J connectivity index is 0.00000462. The highest BCUT2D eigenvalue weighted by Gasteiger charge is 2.27. The minimum Gasteiger partial charge on any atom is -0.465 e. The van der Waals surface area contributed by atoms with Crippen LogP contribution < -0.4 is 9.46 Å². The number of amides is 1. The summed E-state index contributed by atoms with van der Waals surface area (Å²) >= 11 is 0. The van der Waals surface area contributed by atoms with Crippen LogP contribution in [0.3, 0.4) is 0 Å². The van der Waals surface area contributed by atoms with Crippen molar-refractivity contribution in [3.63, 3.8) is 0 Å². The number of sulfonamides is 1. The van der Waals surface area contributed by atoms with Crippen molar-refractivity contribution in [2.75, 3.05) is 30.6 Å². The van der Waals surface area contributed by atoms with Crippen molar-refractivity contribution in [2.45, 2.75) is 38.3 Å². The summed E-state index contributed by atoms with van der Waals surface area (Å²) in [6.07, 6.45) is 3.34. The number of benzene rings is 3. The standard InChI is InChI=1S/C31H35N3O5S.ClH/c1-40(37,38)32-27-13-17-30(18-14-27)39-29-15-11-26(12-16-29)24-33-22-19-28(20-23-33)34(31(35)36)21-7-3-6-10-25-8-4-2-5-9-25;/h2,4-5,8-9,11-18,28,32H,6,10,19-24H2,1H3,(H,35,36);1H. The topological polar surface area (TPSA) is 99.2 Å². The lowest BCUT2D eigenvalue weighted by Crippen LogP contribution is -2.46. The van der Waals surface area contributed by atoms with Gasteiger partial charge in [0.05, 0.1) is 12.8 Å². The molecule has 0 saturated carbocycles. The number of nitrogens with one attached hydrogen (secondary N) is 1. The maximum absolute atomic E-state index is 11.9. The number of likely N-dealkylation sites (tertiary alicyclic amines) is 1. The molecule has 1 amide bonds. The minimum atomic E-state index is -3.32. The monoisotopic (exact) mass is 597 g/mol. The van der Waals surface area contributed by atoms with E-state index in [0.717, 1.165) is 57.1 Å². The first-order valence-electron chi connectivity index (χ1n) is 13.3. The maximum Gasteiger partial charge on any atom is 0.408 e. The normalized spacial score (nSPS) is 13.8. The van der Waals surface area contributed by atoms with Crippen LogP contribution in [0.15, 0.2) is 78.9 Å². The fraction of sp³-hybridized carbons (Fsp3) is 0.323. The number of aryl methyl sites for hydroxylation is 1. The number of rotatable bonds is 10. The Bertz CT molecular complexity index is 1410. The van der Waals surface area contributed by atoms with Crippen LogP contribution in [0.1, 0.15) is 30.4 Å². The first-order valence-corrected chi connectivity index (χ1v) is 15.2. The summed E-state index contributed by atoms with van der Waals surface area (Å²) in [6.45, 7) is 2.67. The third-order valence-electron chi connectivity index (χ3n) is 6.72. The Morgan fingerprint density at radius 1 is 0.951 bits per heavy atom. The van der Waals surface area contributed by atoms with Gasteiger partial charge in [0.1, 0.15) is 11.5 Å². The van der Waals surface area contributed by atoms with Crippen LogP contribution in [-0.4, -0.2) is 61.3 Å². The minimum absolute atomic E-state index is 0. The number of anilines is 1. The molecule has 0 bridgehead atoms. The van der Waals surface area contributed by atoms with Crippen LogP contribution in [0.25, 0.3) is 0 Å². The zero-order valence-electron chi connectivity index (χ0n) is 23.0. The van der Waals surface area contributed by atoms with Gasteiger partial charge in [-0.25, -0.2) is 13.2 Å². The van der Waals surface area contributed by atoms with Gasteiger partial charge in [-0.1, -0.05) is 48.4 Å². The van der Waals surface area contributed by atoms with Crippen molar-refractivity contribution < 1.29 is 23.1 Å². The van der Waals surface area contributed by atoms with Gasteiger partial charge in [-0.2, -0.15) is 0 Å². The van der Waals surface area contributed by atoms with Crippen molar-refractivity contribution in [3.05, 3.63) is 90.0 Å². The average Bonchev–Trinajstić information content (AvgIpc) is 2.93. The Hall–Kier alpha value is -3.71. The predicted molar refractivity (Wildman–Crippen MR) is 164 cm³/mol. The van der Waals surface area contributed by atoms with Crippen molar-refractivity contribution in [1.29, 1.82) is 0 Å². The van der Waals surface area contributed by atoms with E-state index in [-0.39, 0.29) is 25.0 Å². The quantitative estimate of drug-likeness (QED) is 0.284. The molecule has 2 N–H and O–H groups in total. The fourth-order valence-corrected chi connectivity index (χ4v) is 5.25. The van der Waals surface area contributed by atoms with Gasteiger partial charge in [-0.15, -0.1) is 18.3 Å². The Morgan fingerprint density at radius 3 is 2.15 bits per heavy atom. The van der Waals surface area contributed by atoms with Gasteiger partial charge in [-0.3, -0.25) is 14.5 Å². The van der Waals surface area contributed by atoms with Gasteiger partial charge in [0.25, 0.3) is 0 Å². The van der Waals surface area contributed by atoms with Crippen molar-refractivity contribution in [3.8, 4) is 23.3 Å². The number of carbonyl (C=O) groups is 1. The van der Waals surface area contributed by atoms with Crippen LogP contribution in [-0.2, 0) is 23.0 Å². The molecule has 0 atom stereocenters. The fourth-order valence-electron chi connectivity index (χ4n) is 4.69. The van der Waals surface area contributed by atoms with E-state index in [1.54, 1.807) is 24.3 Å². The lowest BCUT2D eigenvalue weighted by Gasteiger charge is -2.36. The Labute approximate surface area is 248 Å². The molecule has 0 radical (unpaired) electrons. The highest BCUT2D eigenvalue weighted by atomic mass is 35.5. The Morgan fingerprint density at radius 2 is 1.56 bits per heavy atom. The summed E-state index contributed by atoms with van der Waals surface area (Å²) in [5.74, 6) is 7.49. The first-order chi connectivity index (χ1) is 19.2. The van der Waals surface area contributed by atoms with Gasteiger partial charge >= 0.3 is 6.09 Å². The SMILES string of the molecule is CS(=O)(=O)Nc1ccc(Oc2ccc(CN3CCC(N(CC#CCCc4ccccc4)C(=O)O)CC3)cc2)cc1.Cl. The van der Waals surface area contributed by atoms with E-state index >= 15 is 0 Å². The van der Waals surface area contributed by atoms with E-state index in [1.807, 2.05) is 42.5 Å². The summed E-state index contributed by atoms with van der Waals surface area (Å²) in [5, 5.41) is 9.76. The molecule has 0 unspecified atom stereocenters. The lowest BCUT2D eigenvalue weighted by molar-refractivity contribution is 0.0961. The number of hydrogen-bond acceptors (Lipinski definition) is 5. The third-order valence-corrected chi connectivity index (χ3v) is 7.33. The maximum atomic E-state index is 11.9. The van der Waals surface area contributed by atoms with Gasteiger partial charge in [0.2, 0.25) is 10.0 Å². The number of ether oxygens (including phenoxy) is 1. The smallest absolute Gasteiger partial charge is 0.408 e. The summed E-state index contributed by atoms with van der Waals surface area (Å²) in [7, 11) is -3.32. The second-order valence-corrected chi connectivity index (χ2v) is 11.7. The molecular weight excluding hydrogens is 562 g/mol. The first kappa shape index (κ1) is 31.8. The molecule has 1 fully saturated rings. The molecule has 1 aliphatic heterocycles. The van der Waals surface area contributed by atoms with Crippen LogP contribution in [0.4, 0.5) is 10.5 Å². The molecule has 3 aromatic carbocycles. The molecule has 8 nitrogen and oxygen atoms in total. The Kier molecular flexibility index (Phi) is 11.9. The molecule has 0 aromatic heterocycles. The number of carboxylic acid groups (broad SMARTS) is 1. The zero-order chi connectivity index (χ0) is 28.4. The summed E-state index contributed by atoms with van der Waals surface area (Å²) < 4.78 is 31.0. The van der Waals surface area contributed by atoms with Crippen LogP contribution in [0.5, 0.6) is 11.5 Å². The van der Waals surface area contributed by atoms with Gasteiger partial charge in [-0.05, 0) is 66.8 Å². The molecule has 3 aromatic rings. The third kappa shape index (κ3) is 10.7. The van der Waals surface area contributed by atoms with E-state index < -0.39 is 16.1 Å². The summed E-state index contributed by atoms with van der Waals surface area (Å²) in [6, 6.07) is 24.7. The van der Waals surface area contributed by atoms with E-state index in [2.05, 4.69) is 33.6 Å². The lowest BCUT2D eigenvalue weighted by atomic mass is 10.0. The molecule has 1 saturated heterocycles. The number of piperidine rings is 1. The molecular formula is C31H36ClN3O5S. The number of nitrogens with zero attached hydrogens (tertiary/aromatic N) is 2. The molecule has 41 heavy (non-hydrogen) atoms. The van der Waals surface area contributed by atoms with Crippen molar-refractivity contribution >= 4 is 34.2 Å². The molecule has 0 spiro atoms. The van der Waals surface area contributed by atoms with Gasteiger partial charge in [0.15, 0.2) is 0 Å². The number of halogens is 1. The van der Waals surface area contributed by atoms with Gasteiger partial charge in [0, 0.05) is 37.8 Å². The van der Waals surface area contributed by atoms with Crippen LogP contribution >= 0.6 is 12.4 Å². The van der Waals surface area contributed by atoms with Crippen LogP contribution in [0.2, 0.25) is 0 Å². The second-order valence-electron chi connectivity index (χ2n) is 9.90. The molecule has 10 heteroatoms. The highest BCUT2D eigenvalue weighted by Crippen LogP contribution is 2.25. The zero-order valence-corrected chi connectivity index (χ0v) is 24.7. The molecule has 1 aliphatic rings. The summed E-state index contributed by atoms with van der Waals surface area (Å²) in [4.78, 5) is 15.7. The highest BCUT2D eigenvalue weighted by molar-refractivity contribution is 7.92. The van der Waals surface area contributed by atoms with Gasteiger partial charge < -0.3 is 9.84 Å².